The average molecular weight is 1060 g/mol. The van der Waals surface area contributed by atoms with Gasteiger partial charge in [-0.2, -0.15) is 9.29 Å². The van der Waals surface area contributed by atoms with Gasteiger partial charge in [0, 0.05) is 19.0 Å². The van der Waals surface area contributed by atoms with Crippen LogP contribution in [-0.4, -0.2) is 96.9 Å². The van der Waals surface area contributed by atoms with E-state index in [2.05, 4.69) is 30.1 Å². The number of carbonyl (C=O) groups is 2. The Kier molecular flexibility index (Phi) is 34.4. The lowest BCUT2D eigenvalue weighted by molar-refractivity contribution is -0.161. The number of unbranched alkanes of at least 4 members (excludes halogenated alkanes) is 15. The topological polar surface area (TPSA) is 286 Å². The zero-order valence-electron chi connectivity index (χ0n) is 43.0. The van der Waals surface area contributed by atoms with Gasteiger partial charge in [0.15, 0.2) is 12.3 Å². The van der Waals surface area contributed by atoms with Gasteiger partial charge in [-0.15, -0.1) is 0 Å². The molecule has 8 atom stereocenters. The monoisotopic (exact) mass is 1060 g/mol. The minimum Gasteiger partial charge on any atom is -0.462 e. The largest absolute Gasteiger partial charge is 0.481 e. The molecule has 0 radical (unpaired) electrons. The smallest absolute Gasteiger partial charge is 0.462 e. The molecule has 21 heteroatoms. The summed E-state index contributed by atoms with van der Waals surface area (Å²) in [6, 6.07) is 1.24. The summed E-state index contributed by atoms with van der Waals surface area (Å²) in [6.45, 7) is 4.29. The van der Waals surface area contributed by atoms with Crippen LogP contribution in [0.5, 0.6) is 0 Å². The van der Waals surface area contributed by atoms with E-state index in [9.17, 15) is 48.6 Å². The summed E-state index contributed by atoms with van der Waals surface area (Å²) in [7, 11) is -10.9. The van der Waals surface area contributed by atoms with Crippen LogP contribution < -0.4 is 11.4 Å². The number of ether oxygens (including phenoxy) is 3. The van der Waals surface area contributed by atoms with Crippen molar-refractivity contribution in [3.63, 3.8) is 0 Å². The Bertz CT molecular complexity index is 1930. The Morgan fingerprint density at radius 1 is 0.764 bits per heavy atom. The molecule has 2 rings (SSSR count). The van der Waals surface area contributed by atoms with Crippen LogP contribution in [0.25, 0.3) is 0 Å². The maximum atomic E-state index is 12.9. The van der Waals surface area contributed by atoms with E-state index in [-0.39, 0.29) is 18.7 Å². The number of nitrogen functional groups attached to an aromatic ring is 1. The maximum absolute atomic E-state index is 12.9. The molecule has 0 bridgehead atoms. The first-order valence-electron chi connectivity index (χ1n) is 26.1. The van der Waals surface area contributed by atoms with E-state index in [1.165, 1.54) is 63.9 Å². The Morgan fingerprint density at radius 2 is 1.35 bits per heavy atom. The number of phosphoric acid groups is 2. The van der Waals surface area contributed by atoms with E-state index >= 15 is 0 Å². The van der Waals surface area contributed by atoms with Gasteiger partial charge in [0.2, 0.25) is 0 Å². The molecule has 0 spiro atoms. The van der Waals surface area contributed by atoms with Gasteiger partial charge in [0.25, 0.3) is 0 Å². The van der Waals surface area contributed by atoms with Gasteiger partial charge in [-0.25, -0.2) is 13.9 Å². The van der Waals surface area contributed by atoms with Crippen molar-refractivity contribution < 1.29 is 71.4 Å². The number of allylic oxidation sites excluding steroid dienone is 7. The summed E-state index contributed by atoms with van der Waals surface area (Å²) >= 11 is 0. The Labute approximate surface area is 427 Å². The van der Waals surface area contributed by atoms with Crippen LogP contribution in [0.1, 0.15) is 181 Å². The van der Waals surface area contributed by atoms with Crippen molar-refractivity contribution in [1.82, 2.24) is 9.55 Å². The minimum atomic E-state index is -5.44. The fourth-order valence-electron chi connectivity index (χ4n) is 7.60. The van der Waals surface area contributed by atoms with Crippen molar-refractivity contribution in [3.05, 3.63) is 71.4 Å². The van der Waals surface area contributed by atoms with Crippen molar-refractivity contribution >= 4 is 33.4 Å². The summed E-state index contributed by atoms with van der Waals surface area (Å²) in [4.78, 5) is 61.9. The van der Waals surface area contributed by atoms with Gasteiger partial charge >= 0.3 is 33.3 Å². The van der Waals surface area contributed by atoms with Crippen LogP contribution in [0, 0.1) is 5.92 Å². The van der Waals surface area contributed by atoms with E-state index < -0.39 is 89.8 Å². The second kappa shape index (κ2) is 38.3. The molecule has 0 aliphatic carbocycles. The van der Waals surface area contributed by atoms with E-state index in [0.717, 1.165) is 74.5 Å². The molecule has 1 aliphatic rings. The fraction of sp³-hybridized carbons (Fsp3) is 0.725. The number of esters is 2. The minimum absolute atomic E-state index is 0.0303. The molecule has 1 fully saturated rings. The number of nitrogens with two attached hydrogens (primary N) is 1. The summed E-state index contributed by atoms with van der Waals surface area (Å²) in [5.74, 6) is -0.613. The molecule has 7 N–H and O–H groups in total. The highest BCUT2D eigenvalue weighted by Crippen LogP contribution is 2.60. The first-order valence-corrected chi connectivity index (χ1v) is 29.1. The molecule has 0 amide bonds. The predicted molar refractivity (Wildman–Crippen MR) is 276 cm³/mol. The zero-order chi connectivity index (χ0) is 53.0. The Balaban J connectivity index is 1.82. The second-order valence-electron chi connectivity index (χ2n) is 18.7. The van der Waals surface area contributed by atoms with Gasteiger partial charge in [-0.1, -0.05) is 172 Å². The number of aliphatic hydroxyl groups excluding tert-OH is 3. The standard InChI is InChI=1S/C51H87N3O16P2/c1-4-5-26-32-42(55)33-28-23-19-15-11-9-13-16-20-24-29-34-46(56)65-38-43(68-47(57)35-30-25-21-17-12-8-6-7-10-14-18-22-27-31-41(2)3)39-66-71(61,62)70-72(63,64)67-40-44-48(58)49(59)50(69-44)54-37-36-45(52)53-51(54)60/h9,11,16,19-20,23,28,33,36-37,41-44,48-50,55,58-59H,4-8,10,12-15,17-18,21-22,24-27,29-32,34-35,38-40H2,1-3H3,(H,61,62)(H,63,64)(H2,52,53,60)/b11-9-,20-16-,23-19-,33-28+/t42-,43-,44-,48-,49-,50-/m1/s1. The van der Waals surface area contributed by atoms with Crippen molar-refractivity contribution in [3.8, 4) is 0 Å². The van der Waals surface area contributed by atoms with Crippen molar-refractivity contribution in [1.29, 1.82) is 0 Å². The van der Waals surface area contributed by atoms with Crippen LogP contribution in [-0.2, 0) is 46.3 Å². The molecule has 1 aliphatic heterocycles. The van der Waals surface area contributed by atoms with E-state index in [0.29, 0.717) is 25.7 Å². The maximum Gasteiger partial charge on any atom is 0.481 e. The molecular weight excluding hydrogens is 973 g/mol. The third kappa shape index (κ3) is 31.4. The summed E-state index contributed by atoms with van der Waals surface area (Å²) < 4.78 is 56.7. The van der Waals surface area contributed by atoms with Crippen LogP contribution in [0.15, 0.2) is 65.7 Å². The first kappa shape index (κ1) is 64.8. The molecule has 412 valence electrons. The van der Waals surface area contributed by atoms with Crippen molar-refractivity contribution in [2.45, 2.75) is 212 Å². The van der Waals surface area contributed by atoms with Crippen LogP contribution >= 0.6 is 15.6 Å². The van der Waals surface area contributed by atoms with Gasteiger partial charge in [0.1, 0.15) is 30.7 Å². The van der Waals surface area contributed by atoms with Crippen LogP contribution in [0.3, 0.4) is 0 Å². The number of anilines is 1. The summed E-state index contributed by atoms with van der Waals surface area (Å²) in [6.07, 6.45) is 31.0. The van der Waals surface area contributed by atoms with E-state index in [1.807, 2.05) is 42.5 Å². The molecule has 72 heavy (non-hydrogen) atoms. The first-order chi connectivity index (χ1) is 34.4. The van der Waals surface area contributed by atoms with Gasteiger partial charge < -0.3 is 45.1 Å². The lowest BCUT2D eigenvalue weighted by Gasteiger charge is -2.21. The molecule has 0 saturated carbocycles. The van der Waals surface area contributed by atoms with Crippen molar-refractivity contribution in [2.75, 3.05) is 25.6 Å². The number of hydrogen-bond acceptors (Lipinski definition) is 16. The molecule has 1 aromatic heterocycles. The lowest BCUT2D eigenvalue weighted by Crippen LogP contribution is -2.36. The SMILES string of the molecule is CCCCC[C@@H](O)/C=C/C=C\C/C=C\C/C=C\CCCC(=O)OC[C@H](COP(=O)(O)OP(=O)(O)OC[C@H]1O[C@@H](n2ccc(N)nc2=O)[C@H](O)[C@@H]1O)OC(=O)CCCCCCCCCCCCCCCC(C)C. The lowest BCUT2D eigenvalue weighted by atomic mass is 10.0. The second-order valence-corrected chi connectivity index (χ2v) is 21.7. The Morgan fingerprint density at radius 3 is 1.99 bits per heavy atom. The molecule has 2 unspecified atom stereocenters. The van der Waals surface area contributed by atoms with Crippen molar-refractivity contribution in [2.24, 2.45) is 5.92 Å². The van der Waals surface area contributed by atoms with Crippen LogP contribution in [0.2, 0.25) is 0 Å². The average Bonchev–Trinajstić information content (AvgIpc) is 3.60. The predicted octanol–water partition coefficient (Wildman–Crippen LogP) is 9.77. The number of nitrogens with zero attached hydrogens (tertiary/aromatic N) is 2. The zero-order valence-corrected chi connectivity index (χ0v) is 44.8. The summed E-state index contributed by atoms with van der Waals surface area (Å²) in [5.41, 5.74) is 4.58. The van der Waals surface area contributed by atoms with Crippen LogP contribution in [0.4, 0.5) is 5.82 Å². The number of hydrogen-bond donors (Lipinski definition) is 6. The highest BCUT2D eigenvalue weighted by atomic mass is 31.3. The van der Waals surface area contributed by atoms with E-state index in [1.54, 1.807) is 6.08 Å². The van der Waals surface area contributed by atoms with Gasteiger partial charge in [0.05, 0.1) is 19.3 Å². The highest BCUT2D eigenvalue weighted by molar-refractivity contribution is 7.61. The number of rotatable bonds is 42. The molecule has 1 saturated heterocycles. The number of phosphoric ester groups is 2. The molecule has 19 nitrogen and oxygen atoms in total. The van der Waals surface area contributed by atoms with Gasteiger partial charge in [-0.3, -0.25) is 23.2 Å². The highest BCUT2D eigenvalue weighted by Gasteiger charge is 2.46. The summed E-state index contributed by atoms with van der Waals surface area (Å²) in [5, 5.41) is 30.9. The molecular formula is C51H87N3O16P2. The van der Waals surface area contributed by atoms with Gasteiger partial charge in [-0.05, 0) is 50.5 Å². The normalized spacial score (nSPS) is 20.0. The number of aliphatic hydroxyl groups is 3. The molecule has 1 aromatic rings. The number of carbonyl (C=O) groups excluding carboxylic acids is 2. The molecule has 2 heterocycles. The fourth-order valence-corrected chi connectivity index (χ4v) is 9.71. The quantitative estimate of drug-likeness (QED) is 0.0117. The Hall–Kier alpha value is -3.32. The van der Waals surface area contributed by atoms with E-state index in [4.69, 9.17) is 29.0 Å². The molecule has 0 aromatic carbocycles. The number of aromatic nitrogens is 2. The third-order valence-corrected chi connectivity index (χ3v) is 14.3. The third-order valence-electron chi connectivity index (χ3n) is 11.7.